The first-order chi connectivity index (χ1) is 10.1. The highest BCUT2D eigenvalue weighted by atomic mass is 32.1. The summed E-state index contributed by atoms with van der Waals surface area (Å²) in [7, 11) is 0. The van der Waals surface area contributed by atoms with E-state index in [0.29, 0.717) is 26.2 Å². The molecule has 2 fully saturated rings. The lowest BCUT2D eigenvalue weighted by Gasteiger charge is -2.38. The van der Waals surface area contributed by atoms with Crippen molar-refractivity contribution < 1.29 is 9.59 Å². The maximum Gasteiger partial charge on any atom is 0.254 e. The normalized spacial score (nSPS) is 21.6. The van der Waals surface area contributed by atoms with Crippen molar-refractivity contribution in [3.05, 3.63) is 22.4 Å². The summed E-state index contributed by atoms with van der Waals surface area (Å²) in [6, 6.07) is 1.85. The van der Waals surface area contributed by atoms with Crippen LogP contribution in [0, 0.1) is 0 Å². The Labute approximate surface area is 128 Å². The summed E-state index contributed by atoms with van der Waals surface area (Å²) in [6.07, 6.45) is 3.66. The fourth-order valence-electron chi connectivity index (χ4n) is 3.22. The van der Waals surface area contributed by atoms with E-state index in [1.54, 1.807) is 0 Å². The first-order valence-electron chi connectivity index (χ1n) is 7.50. The van der Waals surface area contributed by atoms with Gasteiger partial charge in [0.25, 0.3) is 5.91 Å². The van der Waals surface area contributed by atoms with Crippen LogP contribution in [-0.4, -0.2) is 53.3 Å². The predicted molar refractivity (Wildman–Crippen MR) is 82.2 cm³/mol. The van der Waals surface area contributed by atoms with E-state index in [0.717, 1.165) is 31.2 Å². The second-order valence-corrected chi connectivity index (χ2v) is 6.74. The number of amides is 2. The Morgan fingerprint density at radius 3 is 2.29 bits per heavy atom. The Hall–Kier alpha value is -1.40. The second-order valence-electron chi connectivity index (χ2n) is 5.96. The van der Waals surface area contributed by atoms with E-state index in [1.807, 2.05) is 26.6 Å². The molecule has 2 N–H and O–H groups in total. The number of nitrogens with two attached hydrogens (primary N) is 1. The Balaban J connectivity index is 1.58. The molecular formula is C15H21N3O2S. The molecule has 114 valence electrons. The van der Waals surface area contributed by atoms with E-state index in [1.165, 1.54) is 11.3 Å². The van der Waals surface area contributed by atoms with Crippen molar-refractivity contribution in [2.24, 2.45) is 5.73 Å². The molecular weight excluding hydrogens is 286 g/mol. The SMILES string of the molecule is NC1(C(=O)N2CCN(C(=O)c3ccsc3)CC2)CCCC1. The Kier molecular flexibility index (Phi) is 3.99. The number of carbonyl (C=O) groups excluding carboxylic acids is 2. The van der Waals surface area contributed by atoms with Gasteiger partial charge in [0, 0.05) is 31.6 Å². The average Bonchev–Trinajstić information content (AvgIpc) is 3.18. The highest BCUT2D eigenvalue weighted by Gasteiger charge is 2.40. The molecule has 0 unspecified atom stereocenters. The predicted octanol–water partition coefficient (Wildman–Crippen LogP) is 1.30. The van der Waals surface area contributed by atoms with Crippen molar-refractivity contribution in [1.82, 2.24) is 9.80 Å². The summed E-state index contributed by atoms with van der Waals surface area (Å²) >= 11 is 1.53. The van der Waals surface area contributed by atoms with Crippen LogP contribution in [0.25, 0.3) is 0 Å². The smallest absolute Gasteiger partial charge is 0.254 e. The number of piperazine rings is 1. The molecule has 0 spiro atoms. The van der Waals surface area contributed by atoms with E-state index in [4.69, 9.17) is 5.73 Å². The van der Waals surface area contributed by atoms with Crippen molar-refractivity contribution in [2.75, 3.05) is 26.2 Å². The van der Waals surface area contributed by atoms with Crippen LogP contribution in [0.2, 0.25) is 0 Å². The molecule has 1 saturated heterocycles. The molecule has 2 heterocycles. The molecule has 0 atom stereocenters. The number of nitrogens with zero attached hydrogens (tertiary/aromatic N) is 2. The van der Waals surface area contributed by atoms with Crippen LogP contribution in [0.5, 0.6) is 0 Å². The molecule has 0 bridgehead atoms. The van der Waals surface area contributed by atoms with Crippen molar-refractivity contribution >= 4 is 23.2 Å². The lowest BCUT2D eigenvalue weighted by molar-refractivity contribution is -0.138. The lowest BCUT2D eigenvalue weighted by Crippen LogP contribution is -2.59. The molecule has 3 rings (SSSR count). The molecule has 0 radical (unpaired) electrons. The topological polar surface area (TPSA) is 66.6 Å². The van der Waals surface area contributed by atoms with E-state index in [9.17, 15) is 9.59 Å². The molecule has 1 aromatic rings. The lowest BCUT2D eigenvalue weighted by atomic mass is 9.97. The van der Waals surface area contributed by atoms with Crippen LogP contribution in [0.15, 0.2) is 16.8 Å². The zero-order chi connectivity index (χ0) is 14.9. The maximum atomic E-state index is 12.5. The van der Waals surface area contributed by atoms with E-state index in [-0.39, 0.29) is 11.8 Å². The summed E-state index contributed by atoms with van der Waals surface area (Å²) in [5.41, 5.74) is 6.32. The highest BCUT2D eigenvalue weighted by molar-refractivity contribution is 7.08. The van der Waals surface area contributed by atoms with Gasteiger partial charge < -0.3 is 15.5 Å². The second kappa shape index (κ2) is 5.77. The van der Waals surface area contributed by atoms with Crippen molar-refractivity contribution in [3.8, 4) is 0 Å². The quantitative estimate of drug-likeness (QED) is 0.895. The average molecular weight is 307 g/mol. The van der Waals surface area contributed by atoms with Crippen LogP contribution >= 0.6 is 11.3 Å². The third-order valence-corrected chi connectivity index (χ3v) is 5.23. The minimum atomic E-state index is -0.653. The summed E-state index contributed by atoms with van der Waals surface area (Å²) in [4.78, 5) is 28.4. The molecule has 1 saturated carbocycles. The van der Waals surface area contributed by atoms with Crippen molar-refractivity contribution in [1.29, 1.82) is 0 Å². The zero-order valence-corrected chi connectivity index (χ0v) is 12.9. The number of hydrogen-bond donors (Lipinski definition) is 1. The van der Waals surface area contributed by atoms with Crippen LogP contribution in [0.4, 0.5) is 0 Å². The Morgan fingerprint density at radius 1 is 1.10 bits per heavy atom. The summed E-state index contributed by atoms with van der Waals surface area (Å²) < 4.78 is 0. The number of thiophene rings is 1. The van der Waals surface area contributed by atoms with Gasteiger partial charge in [0.2, 0.25) is 5.91 Å². The molecule has 21 heavy (non-hydrogen) atoms. The van der Waals surface area contributed by atoms with Gasteiger partial charge in [0.05, 0.1) is 11.1 Å². The monoisotopic (exact) mass is 307 g/mol. The molecule has 6 heteroatoms. The summed E-state index contributed by atoms with van der Waals surface area (Å²) in [5.74, 6) is 0.134. The largest absolute Gasteiger partial charge is 0.338 e. The maximum absolute atomic E-state index is 12.5. The van der Waals surface area contributed by atoms with Crippen LogP contribution in [0.3, 0.4) is 0 Å². The molecule has 2 amide bonds. The standard InChI is InChI=1S/C15H21N3O2S/c16-15(4-1-2-5-15)14(20)18-8-6-17(7-9-18)13(19)12-3-10-21-11-12/h3,10-11H,1-2,4-9,16H2. The van der Waals surface area contributed by atoms with Crippen LogP contribution in [0.1, 0.15) is 36.0 Å². The molecule has 5 nitrogen and oxygen atoms in total. The molecule has 2 aliphatic rings. The highest BCUT2D eigenvalue weighted by Crippen LogP contribution is 2.29. The van der Waals surface area contributed by atoms with Crippen molar-refractivity contribution in [2.45, 2.75) is 31.2 Å². The summed E-state index contributed by atoms with van der Waals surface area (Å²) in [6.45, 7) is 2.37. The van der Waals surface area contributed by atoms with E-state index in [2.05, 4.69) is 0 Å². The van der Waals surface area contributed by atoms with Gasteiger partial charge in [-0.2, -0.15) is 11.3 Å². The van der Waals surface area contributed by atoms with Gasteiger partial charge in [0.1, 0.15) is 0 Å². The minimum absolute atomic E-state index is 0.0617. The number of carbonyl (C=O) groups is 2. The fraction of sp³-hybridized carbons (Fsp3) is 0.600. The minimum Gasteiger partial charge on any atom is -0.338 e. The molecule has 0 aromatic carbocycles. The molecule has 1 aromatic heterocycles. The third kappa shape index (κ3) is 2.82. The third-order valence-electron chi connectivity index (χ3n) is 4.54. The molecule has 1 aliphatic heterocycles. The van der Waals surface area contributed by atoms with E-state index < -0.39 is 5.54 Å². The van der Waals surface area contributed by atoms with Gasteiger partial charge in [-0.05, 0) is 24.3 Å². The Bertz CT molecular complexity index is 515. The van der Waals surface area contributed by atoms with E-state index >= 15 is 0 Å². The first-order valence-corrected chi connectivity index (χ1v) is 8.44. The van der Waals surface area contributed by atoms with Crippen molar-refractivity contribution in [3.63, 3.8) is 0 Å². The van der Waals surface area contributed by atoms with Crippen LogP contribution < -0.4 is 5.73 Å². The van der Waals surface area contributed by atoms with Gasteiger partial charge in [-0.1, -0.05) is 12.8 Å². The Morgan fingerprint density at radius 2 is 1.71 bits per heavy atom. The van der Waals surface area contributed by atoms with Gasteiger partial charge in [-0.3, -0.25) is 9.59 Å². The number of rotatable bonds is 2. The fourth-order valence-corrected chi connectivity index (χ4v) is 3.85. The summed E-state index contributed by atoms with van der Waals surface area (Å²) in [5, 5.41) is 3.78. The molecule has 1 aliphatic carbocycles. The zero-order valence-electron chi connectivity index (χ0n) is 12.1. The first kappa shape index (κ1) is 14.5. The van der Waals surface area contributed by atoms with Gasteiger partial charge in [-0.25, -0.2) is 0 Å². The van der Waals surface area contributed by atoms with Gasteiger partial charge >= 0.3 is 0 Å². The number of hydrogen-bond acceptors (Lipinski definition) is 4. The van der Waals surface area contributed by atoms with Gasteiger partial charge in [-0.15, -0.1) is 0 Å². The van der Waals surface area contributed by atoms with Gasteiger partial charge in [0.15, 0.2) is 0 Å². The van der Waals surface area contributed by atoms with Crippen LogP contribution in [-0.2, 0) is 4.79 Å².